The monoisotopic (exact) mass is 714 g/mol. The maximum atomic E-state index is 12.2. The first kappa shape index (κ1) is 47.7. The number of phosphoric acid groups is 1. The third kappa shape index (κ3) is 34.9. The lowest BCUT2D eigenvalue weighted by molar-refractivity contribution is -0.870. The van der Waals surface area contributed by atoms with Gasteiger partial charge >= 0.3 is 7.82 Å². The molecule has 0 saturated heterocycles. The molecule has 0 rings (SSSR count). The minimum absolute atomic E-state index is 0.0507. The minimum atomic E-state index is -4.31. The number of quaternary nitrogens is 1. The summed E-state index contributed by atoms with van der Waals surface area (Å²) in [5.74, 6) is -0.281. The molecule has 0 aliphatic carbocycles. The number of allylic oxidation sites excluding steroid dienone is 5. The molecule has 3 N–H and O–H groups in total. The molecule has 0 radical (unpaired) electrons. The number of hydrogen-bond acceptors (Lipinski definition) is 5. The Morgan fingerprint density at radius 1 is 0.673 bits per heavy atom. The Bertz CT molecular complexity index is 902. The van der Waals surface area contributed by atoms with Crippen LogP contribution in [-0.2, 0) is 18.4 Å². The number of nitrogens with one attached hydrogen (secondary N) is 1. The number of likely N-dealkylation sites (N-methyl/N-ethyl adjacent to an activating group) is 1. The average Bonchev–Trinajstić information content (AvgIpc) is 3.05. The predicted octanol–water partition coefficient (Wildman–Crippen LogP) is 10.4. The largest absolute Gasteiger partial charge is 0.472 e. The highest BCUT2D eigenvalue weighted by Gasteiger charge is 2.27. The van der Waals surface area contributed by atoms with Crippen molar-refractivity contribution in [2.75, 3.05) is 40.9 Å². The van der Waals surface area contributed by atoms with Crippen molar-refractivity contribution in [3.8, 4) is 0 Å². The highest BCUT2D eigenvalue weighted by molar-refractivity contribution is 7.47. The molecule has 0 spiro atoms. The van der Waals surface area contributed by atoms with Crippen LogP contribution in [0.15, 0.2) is 36.5 Å². The molecule has 0 bridgehead atoms. The van der Waals surface area contributed by atoms with E-state index in [-0.39, 0.29) is 25.5 Å². The number of unbranched alkanes of at least 4 members (excludes halogenated alkanes) is 19. The lowest BCUT2D eigenvalue weighted by Gasteiger charge is -2.25. The van der Waals surface area contributed by atoms with Crippen LogP contribution in [0, 0.1) is 0 Å². The van der Waals surface area contributed by atoms with Crippen molar-refractivity contribution in [2.24, 2.45) is 0 Å². The van der Waals surface area contributed by atoms with Crippen LogP contribution in [0.25, 0.3) is 0 Å². The predicted molar refractivity (Wildman–Crippen MR) is 208 cm³/mol. The molecule has 3 atom stereocenters. The number of hydrogen-bond donors (Lipinski definition) is 3. The van der Waals surface area contributed by atoms with E-state index in [4.69, 9.17) is 9.05 Å². The molecule has 49 heavy (non-hydrogen) atoms. The second kappa shape index (κ2) is 32.6. The Morgan fingerprint density at radius 2 is 1.10 bits per heavy atom. The molecular formula is C40H78N2O6P+. The zero-order chi connectivity index (χ0) is 36.5. The summed E-state index contributed by atoms with van der Waals surface area (Å²) in [6.45, 7) is 4.22. The first-order valence-electron chi connectivity index (χ1n) is 19.9. The molecule has 3 unspecified atom stereocenters. The number of amides is 1. The summed E-state index contributed by atoms with van der Waals surface area (Å²) >= 11 is 0. The van der Waals surface area contributed by atoms with Gasteiger partial charge in [0.25, 0.3) is 0 Å². The van der Waals surface area contributed by atoms with Crippen LogP contribution in [0.3, 0.4) is 0 Å². The highest BCUT2D eigenvalue weighted by atomic mass is 31.2. The average molecular weight is 714 g/mol. The van der Waals surface area contributed by atoms with Crippen LogP contribution >= 0.6 is 7.82 Å². The zero-order valence-electron chi connectivity index (χ0n) is 32.4. The van der Waals surface area contributed by atoms with Gasteiger partial charge in [-0.1, -0.05) is 153 Å². The number of nitrogens with zero attached hydrogens (tertiary/aromatic N) is 1. The summed E-state index contributed by atoms with van der Waals surface area (Å²) < 4.78 is 23.0. The lowest BCUT2D eigenvalue weighted by Crippen LogP contribution is -2.45. The number of carbonyl (C=O) groups is 1. The van der Waals surface area contributed by atoms with E-state index in [1.807, 2.05) is 27.2 Å². The third-order valence-corrected chi connectivity index (χ3v) is 9.64. The summed E-state index contributed by atoms with van der Waals surface area (Å²) in [5, 5.41) is 13.3. The van der Waals surface area contributed by atoms with E-state index in [2.05, 4.69) is 36.5 Å². The van der Waals surface area contributed by atoms with Crippen LogP contribution in [-0.4, -0.2) is 73.4 Å². The standard InChI is InChI=1S/C40H77N2O6P/c1-6-8-9-10-11-12-13-14-15-16-17-18-19-20-21-22-23-24-25-26-27-28-29-30-31-32-33-34-39(43)38(41-40(44)7-2)37-48-49(45,46)47-36-35-42(3,4)5/h25-26,29-30,33-34,38-39,43H,6-24,27-28,31-32,35-37H2,1-5H3,(H-,41,44,45,46)/p+1/b26-25+,30-29+,34-33+. The van der Waals surface area contributed by atoms with Crippen molar-refractivity contribution in [3.05, 3.63) is 36.5 Å². The summed E-state index contributed by atoms with van der Waals surface area (Å²) in [4.78, 5) is 21.9. The Hall–Kier alpha value is -1.28. The normalized spacial score (nSPS) is 15.0. The van der Waals surface area contributed by atoms with Gasteiger partial charge in [0, 0.05) is 6.42 Å². The van der Waals surface area contributed by atoms with Crippen LogP contribution in [0.5, 0.6) is 0 Å². The maximum absolute atomic E-state index is 12.2. The second-order valence-corrected chi connectivity index (χ2v) is 16.1. The van der Waals surface area contributed by atoms with Crippen LogP contribution in [0.2, 0.25) is 0 Å². The van der Waals surface area contributed by atoms with Gasteiger partial charge in [-0.25, -0.2) is 4.57 Å². The Balaban J connectivity index is 3.88. The van der Waals surface area contributed by atoms with Crippen LogP contribution in [0.1, 0.15) is 162 Å². The molecule has 0 saturated carbocycles. The molecule has 1 amide bonds. The smallest absolute Gasteiger partial charge is 0.387 e. The number of phosphoric ester groups is 1. The van der Waals surface area contributed by atoms with Crippen LogP contribution < -0.4 is 5.32 Å². The van der Waals surface area contributed by atoms with E-state index >= 15 is 0 Å². The van der Waals surface area contributed by atoms with Crippen molar-refractivity contribution in [3.63, 3.8) is 0 Å². The number of aliphatic hydroxyl groups is 1. The number of aliphatic hydroxyl groups excluding tert-OH is 1. The molecular weight excluding hydrogens is 635 g/mol. The topological polar surface area (TPSA) is 105 Å². The van der Waals surface area contributed by atoms with E-state index < -0.39 is 20.0 Å². The van der Waals surface area contributed by atoms with Gasteiger partial charge in [0.2, 0.25) is 5.91 Å². The summed E-state index contributed by atoms with van der Waals surface area (Å²) in [6, 6.07) is -0.863. The molecule has 0 fully saturated rings. The van der Waals surface area contributed by atoms with Crippen molar-refractivity contribution < 1.29 is 32.9 Å². The van der Waals surface area contributed by atoms with Gasteiger partial charge in [-0.05, 0) is 38.5 Å². The van der Waals surface area contributed by atoms with Gasteiger partial charge in [0.05, 0.1) is 39.9 Å². The molecule has 9 heteroatoms. The molecule has 0 aromatic heterocycles. The zero-order valence-corrected chi connectivity index (χ0v) is 33.3. The number of rotatable bonds is 35. The van der Waals surface area contributed by atoms with Gasteiger partial charge in [0.1, 0.15) is 13.2 Å². The van der Waals surface area contributed by atoms with E-state index in [1.54, 1.807) is 13.0 Å². The molecule has 0 heterocycles. The molecule has 0 aliphatic heterocycles. The fourth-order valence-electron chi connectivity index (χ4n) is 5.39. The van der Waals surface area contributed by atoms with Gasteiger partial charge in [-0.3, -0.25) is 13.8 Å². The molecule has 0 aromatic carbocycles. The second-order valence-electron chi connectivity index (χ2n) is 14.6. The Morgan fingerprint density at radius 3 is 1.55 bits per heavy atom. The maximum Gasteiger partial charge on any atom is 0.472 e. The van der Waals surface area contributed by atoms with E-state index in [0.717, 1.165) is 25.7 Å². The minimum Gasteiger partial charge on any atom is -0.387 e. The van der Waals surface area contributed by atoms with Gasteiger partial charge < -0.3 is 19.8 Å². The van der Waals surface area contributed by atoms with E-state index in [9.17, 15) is 19.4 Å². The van der Waals surface area contributed by atoms with E-state index in [1.165, 1.54) is 116 Å². The molecule has 288 valence electrons. The SMILES string of the molecule is CCCCCCCCCCCCCCCCCCC/C=C/CC/C=C/CC/C=C/C(O)C(COP(=O)(O)OCC[N+](C)(C)C)NC(=O)CC. The Labute approximate surface area is 302 Å². The van der Waals surface area contributed by atoms with Crippen molar-refractivity contribution in [1.29, 1.82) is 0 Å². The quantitative estimate of drug-likeness (QED) is 0.0261. The number of carbonyl (C=O) groups excluding carboxylic acids is 1. The first-order valence-corrected chi connectivity index (χ1v) is 21.4. The van der Waals surface area contributed by atoms with Crippen molar-refractivity contribution in [1.82, 2.24) is 5.32 Å². The first-order chi connectivity index (χ1) is 23.5. The molecule has 0 aromatic rings. The lowest BCUT2D eigenvalue weighted by atomic mass is 10.0. The van der Waals surface area contributed by atoms with Crippen LogP contribution in [0.4, 0.5) is 0 Å². The van der Waals surface area contributed by atoms with Gasteiger partial charge in [0.15, 0.2) is 0 Å². The van der Waals surface area contributed by atoms with Gasteiger partial charge in [-0.2, -0.15) is 0 Å². The third-order valence-electron chi connectivity index (χ3n) is 8.65. The fraction of sp³-hybridized carbons (Fsp3) is 0.825. The summed E-state index contributed by atoms with van der Waals surface area (Å²) in [5.41, 5.74) is 0. The Kier molecular flexibility index (Phi) is 31.8. The highest BCUT2D eigenvalue weighted by Crippen LogP contribution is 2.43. The molecule has 8 nitrogen and oxygen atoms in total. The summed E-state index contributed by atoms with van der Waals surface area (Å²) in [7, 11) is 1.53. The molecule has 0 aliphatic rings. The van der Waals surface area contributed by atoms with E-state index in [0.29, 0.717) is 11.0 Å². The van der Waals surface area contributed by atoms with Crippen molar-refractivity contribution in [2.45, 2.75) is 174 Å². The van der Waals surface area contributed by atoms with Crippen molar-refractivity contribution >= 4 is 13.7 Å². The van der Waals surface area contributed by atoms with Gasteiger partial charge in [-0.15, -0.1) is 0 Å². The fourth-order valence-corrected chi connectivity index (χ4v) is 6.13. The summed E-state index contributed by atoms with van der Waals surface area (Å²) in [6.07, 6.45) is 40.4.